The van der Waals surface area contributed by atoms with Gasteiger partial charge in [0.05, 0.1) is 0 Å². The van der Waals surface area contributed by atoms with E-state index >= 15 is 0 Å². The molecule has 0 aliphatic heterocycles. The van der Waals surface area contributed by atoms with Crippen molar-refractivity contribution in [2.75, 3.05) is 0 Å². The molecule has 2 heteroatoms. The molecule has 0 spiro atoms. The Morgan fingerprint density at radius 1 is 0.750 bits per heavy atom. The first-order valence-corrected chi connectivity index (χ1v) is 11.9. The fraction of sp³-hybridized carbons (Fsp3) is 0.769. The summed E-state index contributed by atoms with van der Waals surface area (Å²) in [5.74, 6) is 4.13. The number of hydrogen-bond donors (Lipinski definition) is 0. The fourth-order valence-corrected chi connectivity index (χ4v) is 6.54. The molecule has 0 heterocycles. The molecule has 3 fully saturated rings. The summed E-state index contributed by atoms with van der Waals surface area (Å²) in [7, 11) is 0. The summed E-state index contributed by atoms with van der Waals surface area (Å²) in [6.45, 7) is 3.94. The van der Waals surface area contributed by atoms with Crippen LogP contribution in [0.3, 0.4) is 0 Å². The van der Waals surface area contributed by atoms with E-state index in [-0.39, 0.29) is 17.2 Å². The largest absolute Gasteiger partial charge is 0.207 e. The van der Waals surface area contributed by atoms with Crippen molar-refractivity contribution >= 4 is 0 Å². The quantitative estimate of drug-likeness (QED) is 0.488. The number of benzene rings is 1. The average Bonchev–Trinajstić information content (AvgIpc) is 2.70. The zero-order valence-corrected chi connectivity index (χ0v) is 17.9. The van der Waals surface area contributed by atoms with Gasteiger partial charge in [-0.25, -0.2) is 8.78 Å². The van der Waals surface area contributed by atoms with E-state index in [1.807, 2.05) is 0 Å². The highest BCUT2D eigenvalue weighted by Crippen LogP contribution is 2.49. The van der Waals surface area contributed by atoms with Crippen LogP contribution in [0.5, 0.6) is 0 Å². The standard InChI is InChI=1S/C26H38F2/c1-17-3-5-19(6-4-17)7-8-20-9-10-22-14-23(12-11-21(22)13-20)24-15-25(27)18(2)26(28)16-24/h15-17,19-23H,3-14H2,1-2H3. The summed E-state index contributed by atoms with van der Waals surface area (Å²) in [5, 5.41) is 0. The molecule has 4 rings (SSSR count). The Bertz CT molecular complexity index is 635. The minimum atomic E-state index is -0.377. The topological polar surface area (TPSA) is 0 Å². The van der Waals surface area contributed by atoms with Crippen LogP contribution in [0.4, 0.5) is 8.78 Å². The molecule has 4 unspecified atom stereocenters. The molecule has 0 radical (unpaired) electrons. The second-order valence-electron chi connectivity index (χ2n) is 10.5. The van der Waals surface area contributed by atoms with Gasteiger partial charge in [-0.2, -0.15) is 0 Å². The molecular formula is C26H38F2. The van der Waals surface area contributed by atoms with E-state index in [1.54, 1.807) is 12.1 Å². The van der Waals surface area contributed by atoms with Crippen LogP contribution < -0.4 is 0 Å². The highest BCUT2D eigenvalue weighted by atomic mass is 19.1. The first kappa shape index (κ1) is 20.4. The van der Waals surface area contributed by atoms with E-state index in [0.717, 1.165) is 48.0 Å². The second-order valence-corrected chi connectivity index (χ2v) is 10.5. The lowest BCUT2D eigenvalue weighted by molar-refractivity contribution is 0.109. The van der Waals surface area contributed by atoms with E-state index in [1.165, 1.54) is 71.1 Å². The van der Waals surface area contributed by atoms with Gasteiger partial charge in [-0.05, 0) is 92.2 Å². The Labute approximate surface area is 170 Å². The third-order valence-corrected chi connectivity index (χ3v) is 8.61. The van der Waals surface area contributed by atoms with Crippen LogP contribution >= 0.6 is 0 Å². The van der Waals surface area contributed by atoms with Gasteiger partial charge >= 0.3 is 0 Å². The van der Waals surface area contributed by atoms with E-state index in [2.05, 4.69) is 6.92 Å². The number of rotatable bonds is 4. The van der Waals surface area contributed by atoms with Gasteiger partial charge in [-0.15, -0.1) is 0 Å². The minimum Gasteiger partial charge on any atom is -0.207 e. The van der Waals surface area contributed by atoms with Gasteiger partial charge in [0.2, 0.25) is 0 Å². The number of halogens is 2. The van der Waals surface area contributed by atoms with Crippen LogP contribution in [0.25, 0.3) is 0 Å². The zero-order chi connectivity index (χ0) is 19.7. The van der Waals surface area contributed by atoms with E-state index in [4.69, 9.17) is 0 Å². The maximum absolute atomic E-state index is 14.0. The van der Waals surface area contributed by atoms with Crippen LogP contribution in [0.15, 0.2) is 12.1 Å². The number of fused-ring (bicyclic) bond motifs is 1. The van der Waals surface area contributed by atoms with Crippen molar-refractivity contribution in [1.82, 2.24) is 0 Å². The Morgan fingerprint density at radius 2 is 1.32 bits per heavy atom. The summed E-state index contributed by atoms with van der Waals surface area (Å²) >= 11 is 0. The molecule has 0 bridgehead atoms. The Kier molecular flexibility index (Phi) is 6.43. The molecular weight excluding hydrogens is 350 g/mol. The van der Waals surface area contributed by atoms with Crippen molar-refractivity contribution < 1.29 is 8.78 Å². The SMILES string of the molecule is Cc1c(F)cc(C2CCC3CC(CCC4CCC(C)CC4)CCC3C2)cc1F. The Morgan fingerprint density at radius 3 is 2.04 bits per heavy atom. The predicted octanol–water partition coefficient (Wildman–Crippen LogP) is 8.18. The summed E-state index contributed by atoms with van der Waals surface area (Å²) in [6.07, 6.45) is 16.4. The molecule has 4 atom stereocenters. The Balaban J connectivity index is 1.28. The van der Waals surface area contributed by atoms with Crippen LogP contribution in [-0.4, -0.2) is 0 Å². The fourth-order valence-electron chi connectivity index (χ4n) is 6.54. The lowest BCUT2D eigenvalue weighted by atomic mass is 9.63. The molecule has 3 aliphatic carbocycles. The van der Waals surface area contributed by atoms with Gasteiger partial charge in [0.25, 0.3) is 0 Å². The smallest absolute Gasteiger partial charge is 0.129 e. The highest BCUT2D eigenvalue weighted by Gasteiger charge is 2.36. The van der Waals surface area contributed by atoms with Crippen molar-refractivity contribution in [3.8, 4) is 0 Å². The van der Waals surface area contributed by atoms with Crippen molar-refractivity contribution in [3.63, 3.8) is 0 Å². The first-order chi connectivity index (χ1) is 13.5. The van der Waals surface area contributed by atoms with E-state index in [0.29, 0.717) is 5.92 Å². The van der Waals surface area contributed by atoms with Gasteiger partial charge in [0, 0.05) is 5.56 Å². The van der Waals surface area contributed by atoms with Gasteiger partial charge in [-0.1, -0.05) is 51.9 Å². The molecule has 0 N–H and O–H groups in total. The highest BCUT2D eigenvalue weighted by molar-refractivity contribution is 5.28. The third kappa shape index (κ3) is 4.62. The third-order valence-electron chi connectivity index (χ3n) is 8.61. The minimum absolute atomic E-state index is 0.158. The summed E-state index contributed by atoms with van der Waals surface area (Å²) in [5.41, 5.74) is 1.05. The monoisotopic (exact) mass is 388 g/mol. The molecule has 0 saturated heterocycles. The van der Waals surface area contributed by atoms with Crippen molar-refractivity contribution in [3.05, 3.63) is 34.9 Å². The van der Waals surface area contributed by atoms with Crippen LogP contribution in [-0.2, 0) is 0 Å². The van der Waals surface area contributed by atoms with Crippen LogP contribution in [0.2, 0.25) is 0 Å². The van der Waals surface area contributed by atoms with Gasteiger partial charge in [0.15, 0.2) is 0 Å². The van der Waals surface area contributed by atoms with Crippen LogP contribution in [0.1, 0.15) is 101 Å². The number of hydrogen-bond acceptors (Lipinski definition) is 0. The van der Waals surface area contributed by atoms with Gasteiger partial charge in [0.1, 0.15) is 11.6 Å². The lowest BCUT2D eigenvalue weighted by Gasteiger charge is -2.42. The van der Waals surface area contributed by atoms with Crippen LogP contribution in [0, 0.1) is 48.1 Å². The summed E-state index contributed by atoms with van der Waals surface area (Å²) in [4.78, 5) is 0. The molecule has 1 aromatic rings. The molecule has 0 amide bonds. The first-order valence-electron chi connectivity index (χ1n) is 11.9. The normalized spacial score (nSPS) is 36.1. The zero-order valence-electron chi connectivity index (χ0n) is 17.9. The summed E-state index contributed by atoms with van der Waals surface area (Å²) in [6, 6.07) is 3.19. The molecule has 0 aromatic heterocycles. The molecule has 0 nitrogen and oxygen atoms in total. The van der Waals surface area contributed by atoms with Gasteiger partial charge in [-0.3, -0.25) is 0 Å². The maximum Gasteiger partial charge on any atom is 0.129 e. The molecule has 156 valence electrons. The van der Waals surface area contributed by atoms with Crippen molar-refractivity contribution in [2.24, 2.45) is 29.6 Å². The van der Waals surface area contributed by atoms with Crippen molar-refractivity contribution in [1.29, 1.82) is 0 Å². The lowest BCUT2D eigenvalue weighted by Crippen LogP contribution is -2.30. The van der Waals surface area contributed by atoms with E-state index in [9.17, 15) is 8.78 Å². The average molecular weight is 389 g/mol. The molecule has 1 aromatic carbocycles. The molecule has 28 heavy (non-hydrogen) atoms. The molecule has 3 aliphatic rings. The van der Waals surface area contributed by atoms with E-state index < -0.39 is 0 Å². The summed E-state index contributed by atoms with van der Waals surface area (Å²) < 4.78 is 28.0. The molecule has 3 saturated carbocycles. The van der Waals surface area contributed by atoms with Gasteiger partial charge < -0.3 is 0 Å². The maximum atomic E-state index is 14.0. The second kappa shape index (κ2) is 8.84. The predicted molar refractivity (Wildman–Crippen MR) is 112 cm³/mol. The Hall–Kier alpha value is -0.920. The van der Waals surface area contributed by atoms with Crippen molar-refractivity contribution in [2.45, 2.75) is 96.8 Å².